The quantitative estimate of drug-likeness (QED) is 0.407. The molecule has 0 atom stereocenters. The van der Waals surface area contributed by atoms with Crippen LogP contribution in [-0.2, 0) is 26.1 Å². The number of ketones is 1. The predicted molar refractivity (Wildman–Crippen MR) is 18.3 cm³/mol. The molecule has 0 bridgehead atoms. The van der Waals surface area contributed by atoms with E-state index in [4.69, 9.17) is 5.11 Å². The third-order valence-corrected chi connectivity index (χ3v) is 0.301. The number of aliphatic carboxylic acids is 1. The Bertz CT molecular complexity index is 76.2. The van der Waals surface area contributed by atoms with Gasteiger partial charge < -0.3 is 5.11 Å². The molecule has 0 aromatic carbocycles. The van der Waals surface area contributed by atoms with Crippen LogP contribution >= 0.6 is 0 Å². The fraction of sp³-hybridized carbons (Fsp3) is 0.333. The van der Waals surface area contributed by atoms with Crippen molar-refractivity contribution in [3.05, 3.63) is 0 Å². The maximum absolute atomic E-state index is 9.54. The molecule has 0 heterocycles. The summed E-state index contributed by atoms with van der Waals surface area (Å²) in [6.07, 6.45) is 0. The van der Waals surface area contributed by atoms with Gasteiger partial charge in [0.05, 0.1) is 0 Å². The van der Waals surface area contributed by atoms with Crippen molar-refractivity contribution in [3.8, 4) is 0 Å². The van der Waals surface area contributed by atoms with Crippen molar-refractivity contribution in [1.82, 2.24) is 0 Å². The van der Waals surface area contributed by atoms with Crippen molar-refractivity contribution >= 4 is 11.8 Å². The first-order valence-corrected chi connectivity index (χ1v) is 1.38. The second-order valence-corrected chi connectivity index (χ2v) is 0.861. The van der Waals surface area contributed by atoms with Gasteiger partial charge in [-0.05, 0) is 0 Å². The van der Waals surface area contributed by atoms with Crippen LogP contribution in [0.2, 0.25) is 0 Å². The predicted octanol–water partition coefficient (Wildman–Crippen LogP) is -0.343. The third kappa shape index (κ3) is 5.63. The number of carboxylic acids is 1. The Hall–Kier alpha value is -0.366. The van der Waals surface area contributed by atoms with Gasteiger partial charge in [-0.15, -0.1) is 0 Å². The summed E-state index contributed by atoms with van der Waals surface area (Å²) < 4.78 is 0. The molecule has 0 aliphatic carbocycles. The third-order valence-electron chi connectivity index (χ3n) is 0.301. The summed E-state index contributed by atoms with van der Waals surface area (Å²) in [4.78, 5) is 18.9. The van der Waals surface area contributed by atoms with Gasteiger partial charge in [-0.2, -0.15) is 0 Å². The number of rotatable bonds is 1. The number of Topliss-reactive ketones (excluding diaryl/α,β-unsaturated/α-hetero) is 1. The van der Waals surface area contributed by atoms with E-state index in [9.17, 15) is 9.59 Å². The monoisotopic (exact) mass is 146 g/mol. The molecule has 0 aliphatic rings. The molecule has 0 unspecified atom stereocenters. The minimum atomic E-state index is -1.38. The van der Waals surface area contributed by atoms with Crippen molar-refractivity contribution in [2.45, 2.75) is 6.92 Å². The topological polar surface area (TPSA) is 54.4 Å². The molecule has 0 saturated carbocycles. The van der Waals surface area contributed by atoms with Gasteiger partial charge in [-0.3, -0.25) is 4.79 Å². The van der Waals surface area contributed by atoms with Crippen LogP contribution in [0, 0.1) is 0 Å². The van der Waals surface area contributed by atoms with Gasteiger partial charge >= 0.3 is 5.97 Å². The zero-order valence-corrected chi connectivity index (χ0v) is 4.57. The molecule has 0 aromatic heterocycles. The van der Waals surface area contributed by atoms with Gasteiger partial charge in [-0.1, -0.05) is 0 Å². The maximum atomic E-state index is 9.54. The molecule has 0 amide bonds. The van der Waals surface area contributed by atoms with Crippen LogP contribution in [-0.4, -0.2) is 16.9 Å². The number of carbonyl (C=O) groups excluding carboxylic acids is 1. The van der Waals surface area contributed by atoms with Crippen molar-refractivity contribution in [2.75, 3.05) is 0 Å². The van der Waals surface area contributed by atoms with E-state index in [1.807, 2.05) is 0 Å². The Morgan fingerprint density at radius 1 is 1.43 bits per heavy atom. The second-order valence-electron chi connectivity index (χ2n) is 0.861. The molecule has 0 saturated heterocycles. The van der Waals surface area contributed by atoms with E-state index in [0.717, 1.165) is 6.92 Å². The minimum absolute atomic E-state index is 0. The molecule has 0 aliphatic heterocycles. The summed E-state index contributed by atoms with van der Waals surface area (Å²) in [5.41, 5.74) is 0. The Kier molecular flexibility index (Phi) is 5.34. The van der Waals surface area contributed by atoms with Crippen LogP contribution in [0.4, 0.5) is 0 Å². The minimum Gasteiger partial charge on any atom is -0.476 e. The Labute approximate surface area is 50.6 Å². The Morgan fingerprint density at radius 2 is 1.57 bits per heavy atom. The van der Waals surface area contributed by atoms with Gasteiger partial charge in [0.1, 0.15) is 0 Å². The first kappa shape index (κ1) is 9.81. The molecule has 7 heavy (non-hydrogen) atoms. The van der Waals surface area contributed by atoms with E-state index in [1.54, 1.807) is 0 Å². The van der Waals surface area contributed by atoms with E-state index in [1.165, 1.54) is 0 Å². The van der Waals surface area contributed by atoms with E-state index < -0.39 is 11.8 Å². The fourth-order valence-electron chi connectivity index (χ4n) is 0. The molecular formula is C3H4NiO3. The first-order valence-electron chi connectivity index (χ1n) is 1.38. The summed E-state index contributed by atoms with van der Waals surface area (Å²) >= 11 is 0. The normalized spacial score (nSPS) is 6.43. The van der Waals surface area contributed by atoms with E-state index in [2.05, 4.69) is 0 Å². The van der Waals surface area contributed by atoms with E-state index in [0.29, 0.717) is 0 Å². The largest absolute Gasteiger partial charge is 0.476 e. The maximum Gasteiger partial charge on any atom is 0.371 e. The van der Waals surface area contributed by atoms with E-state index >= 15 is 0 Å². The molecular weight excluding hydrogens is 143 g/mol. The molecule has 0 spiro atoms. The van der Waals surface area contributed by atoms with Gasteiger partial charge in [-0.25, -0.2) is 4.79 Å². The molecule has 3 nitrogen and oxygen atoms in total. The van der Waals surface area contributed by atoms with Crippen LogP contribution in [0.3, 0.4) is 0 Å². The zero-order valence-electron chi connectivity index (χ0n) is 3.58. The Morgan fingerprint density at radius 3 is 1.57 bits per heavy atom. The average molecular weight is 147 g/mol. The SMILES string of the molecule is CC(=O)C(=O)O.[Ni]. The second kappa shape index (κ2) is 3.81. The van der Waals surface area contributed by atoms with Crippen molar-refractivity contribution in [2.24, 2.45) is 0 Å². The van der Waals surface area contributed by atoms with Gasteiger partial charge in [0.15, 0.2) is 0 Å². The summed E-state index contributed by atoms with van der Waals surface area (Å²) in [5, 5.41) is 7.64. The van der Waals surface area contributed by atoms with Crippen LogP contribution in [0.25, 0.3) is 0 Å². The number of hydrogen-bond donors (Lipinski definition) is 1. The van der Waals surface area contributed by atoms with Crippen molar-refractivity contribution in [3.63, 3.8) is 0 Å². The molecule has 4 heteroatoms. The average Bonchev–Trinajstić information content (AvgIpc) is 1.36. The fourth-order valence-corrected chi connectivity index (χ4v) is 0. The molecule has 0 fully saturated rings. The van der Waals surface area contributed by atoms with Gasteiger partial charge in [0.25, 0.3) is 0 Å². The standard InChI is InChI=1S/C3H4O3.Ni/c1-2(4)3(5)6;/h1H3,(H,5,6);. The number of carboxylic acid groups (broad SMARTS) is 1. The Balaban J connectivity index is 0. The van der Waals surface area contributed by atoms with Gasteiger partial charge in [0.2, 0.25) is 5.78 Å². The summed E-state index contributed by atoms with van der Waals surface area (Å²) in [7, 11) is 0. The zero-order chi connectivity index (χ0) is 5.15. The van der Waals surface area contributed by atoms with Crippen LogP contribution < -0.4 is 0 Å². The smallest absolute Gasteiger partial charge is 0.371 e. The molecule has 0 rings (SSSR count). The molecule has 1 N–H and O–H groups in total. The summed E-state index contributed by atoms with van der Waals surface area (Å²) in [5.74, 6) is -2.20. The number of carbonyl (C=O) groups is 2. The summed E-state index contributed by atoms with van der Waals surface area (Å²) in [6.45, 7) is 1.00. The van der Waals surface area contributed by atoms with Crippen LogP contribution in [0.5, 0.6) is 0 Å². The van der Waals surface area contributed by atoms with E-state index in [-0.39, 0.29) is 16.5 Å². The molecule has 0 radical (unpaired) electrons. The first-order chi connectivity index (χ1) is 2.64. The number of hydrogen-bond acceptors (Lipinski definition) is 2. The molecule has 44 valence electrons. The summed E-state index contributed by atoms with van der Waals surface area (Å²) in [6, 6.07) is 0. The van der Waals surface area contributed by atoms with Gasteiger partial charge in [0, 0.05) is 23.4 Å². The van der Waals surface area contributed by atoms with Crippen molar-refractivity contribution in [1.29, 1.82) is 0 Å². The molecule has 0 aromatic rings. The van der Waals surface area contributed by atoms with Crippen LogP contribution in [0.1, 0.15) is 6.92 Å². The van der Waals surface area contributed by atoms with Crippen LogP contribution in [0.15, 0.2) is 0 Å². The van der Waals surface area contributed by atoms with Crippen molar-refractivity contribution < 1.29 is 31.2 Å².